The highest BCUT2D eigenvalue weighted by atomic mass is 35.5. The van der Waals surface area contributed by atoms with Crippen molar-refractivity contribution in [2.75, 3.05) is 0 Å². The Morgan fingerprint density at radius 2 is 2.00 bits per heavy atom. The summed E-state index contributed by atoms with van der Waals surface area (Å²) >= 11 is 6.35. The fraction of sp³-hybridized carbons (Fsp3) is 1.00. The molecule has 1 aliphatic heterocycles. The van der Waals surface area contributed by atoms with Gasteiger partial charge in [0, 0.05) is 17.5 Å². The van der Waals surface area contributed by atoms with Crippen LogP contribution in [0.3, 0.4) is 0 Å². The van der Waals surface area contributed by atoms with E-state index in [0.717, 1.165) is 18.4 Å². The lowest BCUT2D eigenvalue weighted by Crippen LogP contribution is -2.52. The van der Waals surface area contributed by atoms with E-state index in [-0.39, 0.29) is 0 Å². The normalized spacial score (nSPS) is 48.5. The van der Waals surface area contributed by atoms with E-state index in [1.54, 1.807) is 0 Å². The van der Waals surface area contributed by atoms with Gasteiger partial charge in [0.15, 0.2) is 0 Å². The first-order valence-corrected chi connectivity index (χ1v) is 5.61. The molecule has 1 saturated carbocycles. The molecule has 2 aliphatic rings. The summed E-state index contributed by atoms with van der Waals surface area (Å²) in [6.45, 7) is 2.25. The van der Waals surface area contributed by atoms with Gasteiger partial charge in [-0.1, -0.05) is 12.8 Å². The van der Waals surface area contributed by atoms with Crippen molar-refractivity contribution in [1.82, 2.24) is 5.32 Å². The molecule has 1 aliphatic carbocycles. The summed E-state index contributed by atoms with van der Waals surface area (Å²) in [6, 6.07) is 1.36. The van der Waals surface area contributed by atoms with Crippen molar-refractivity contribution in [3.8, 4) is 0 Å². The van der Waals surface area contributed by atoms with Crippen LogP contribution in [0, 0.1) is 5.92 Å². The molecule has 2 heteroatoms. The lowest BCUT2D eigenvalue weighted by atomic mass is 9.77. The second-order valence-corrected chi connectivity index (χ2v) is 4.93. The number of alkyl halides is 1. The summed E-state index contributed by atoms with van der Waals surface area (Å²) in [6.07, 6.45) is 6.63. The van der Waals surface area contributed by atoms with Gasteiger partial charge >= 0.3 is 0 Å². The molecule has 70 valence electrons. The number of hydrogen-bond acceptors (Lipinski definition) is 1. The topological polar surface area (TPSA) is 12.0 Å². The molecule has 1 heterocycles. The maximum absolute atomic E-state index is 6.35. The molecule has 4 atom stereocenters. The van der Waals surface area contributed by atoms with Crippen LogP contribution in [0.1, 0.15) is 39.0 Å². The molecule has 1 nitrogen and oxygen atoms in total. The van der Waals surface area contributed by atoms with Crippen LogP contribution in [0.4, 0.5) is 0 Å². The summed E-state index contributed by atoms with van der Waals surface area (Å²) in [7, 11) is 0. The summed E-state index contributed by atoms with van der Waals surface area (Å²) in [4.78, 5) is 0. The van der Waals surface area contributed by atoms with E-state index in [0.29, 0.717) is 11.4 Å². The van der Waals surface area contributed by atoms with Gasteiger partial charge in [0.25, 0.3) is 0 Å². The average molecular weight is 188 g/mol. The lowest BCUT2D eigenvalue weighted by molar-refractivity contribution is 0.187. The number of nitrogens with one attached hydrogen (secondary N) is 1. The second-order valence-electron chi connectivity index (χ2n) is 4.37. The van der Waals surface area contributed by atoms with E-state index in [1.165, 1.54) is 25.7 Å². The zero-order valence-corrected chi connectivity index (χ0v) is 8.48. The molecule has 0 unspecified atom stereocenters. The molecule has 12 heavy (non-hydrogen) atoms. The molecular weight excluding hydrogens is 170 g/mol. The summed E-state index contributed by atoms with van der Waals surface area (Å²) in [5, 5.41) is 4.10. The number of piperidine rings is 1. The standard InChI is InChI=1S/C10H18ClN/c1-7-6-9(11)8-4-2-3-5-10(8)12-7/h7-10,12H,2-6H2,1H3/t7-,8+,9+,10+/m1/s1. The van der Waals surface area contributed by atoms with Crippen LogP contribution >= 0.6 is 11.6 Å². The van der Waals surface area contributed by atoms with Crippen LogP contribution in [0.2, 0.25) is 0 Å². The smallest absolute Gasteiger partial charge is 0.0393 e. The average Bonchev–Trinajstić information content (AvgIpc) is 2.04. The van der Waals surface area contributed by atoms with Gasteiger partial charge in [0.05, 0.1) is 0 Å². The van der Waals surface area contributed by atoms with Crippen molar-refractivity contribution in [3.05, 3.63) is 0 Å². The molecule has 0 spiro atoms. The Labute approximate surface area is 79.9 Å². The van der Waals surface area contributed by atoms with Crippen LogP contribution in [0.15, 0.2) is 0 Å². The van der Waals surface area contributed by atoms with E-state index < -0.39 is 0 Å². The molecule has 0 radical (unpaired) electrons. The van der Waals surface area contributed by atoms with Gasteiger partial charge in [-0.25, -0.2) is 0 Å². The third-order valence-electron chi connectivity index (χ3n) is 3.36. The molecule has 2 rings (SSSR count). The SMILES string of the molecule is C[C@@H]1C[C@H](Cl)[C@@H]2CCCC[C@@H]2N1. The van der Waals surface area contributed by atoms with Crippen molar-refractivity contribution in [3.63, 3.8) is 0 Å². The minimum atomic E-state index is 0.437. The maximum Gasteiger partial charge on any atom is 0.0393 e. The molecule has 0 aromatic heterocycles. The Hall–Kier alpha value is 0.250. The van der Waals surface area contributed by atoms with Gasteiger partial charge in [0.2, 0.25) is 0 Å². The highest BCUT2D eigenvalue weighted by Gasteiger charge is 2.35. The Kier molecular flexibility index (Phi) is 2.61. The molecular formula is C10H18ClN. The minimum Gasteiger partial charge on any atom is -0.311 e. The van der Waals surface area contributed by atoms with Crippen molar-refractivity contribution in [2.45, 2.75) is 56.5 Å². The first kappa shape index (κ1) is 8.83. The largest absolute Gasteiger partial charge is 0.311 e. The predicted octanol–water partition coefficient (Wildman–Crippen LogP) is 2.53. The molecule has 0 amide bonds. The third-order valence-corrected chi connectivity index (χ3v) is 3.86. The number of hydrogen-bond donors (Lipinski definition) is 1. The zero-order valence-electron chi connectivity index (χ0n) is 7.72. The van der Waals surface area contributed by atoms with Gasteiger partial charge in [-0.2, -0.15) is 0 Å². The second kappa shape index (κ2) is 3.55. The number of fused-ring (bicyclic) bond motifs is 1. The maximum atomic E-state index is 6.35. The van der Waals surface area contributed by atoms with Gasteiger partial charge in [-0.05, 0) is 32.1 Å². The van der Waals surface area contributed by atoms with E-state index in [1.807, 2.05) is 0 Å². The molecule has 0 bridgehead atoms. The first-order valence-electron chi connectivity index (χ1n) is 5.17. The van der Waals surface area contributed by atoms with E-state index in [2.05, 4.69) is 12.2 Å². The van der Waals surface area contributed by atoms with Crippen LogP contribution in [0.5, 0.6) is 0 Å². The van der Waals surface area contributed by atoms with Gasteiger partial charge in [0.1, 0.15) is 0 Å². The van der Waals surface area contributed by atoms with E-state index in [4.69, 9.17) is 11.6 Å². The number of halogens is 1. The lowest BCUT2D eigenvalue weighted by Gasteiger charge is -2.42. The third kappa shape index (κ3) is 1.62. The van der Waals surface area contributed by atoms with Crippen LogP contribution in [-0.2, 0) is 0 Å². The molecule has 0 aromatic carbocycles. The van der Waals surface area contributed by atoms with Crippen molar-refractivity contribution < 1.29 is 0 Å². The van der Waals surface area contributed by atoms with Gasteiger partial charge in [-0.15, -0.1) is 11.6 Å². The predicted molar refractivity (Wildman–Crippen MR) is 52.6 cm³/mol. The van der Waals surface area contributed by atoms with Crippen molar-refractivity contribution in [1.29, 1.82) is 0 Å². The van der Waals surface area contributed by atoms with E-state index >= 15 is 0 Å². The first-order chi connectivity index (χ1) is 5.77. The molecule has 1 N–H and O–H groups in total. The monoisotopic (exact) mass is 187 g/mol. The fourth-order valence-electron chi connectivity index (χ4n) is 2.75. The van der Waals surface area contributed by atoms with Gasteiger partial charge in [-0.3, -0.25) is 0 Å². The Morgan fingerprint density at radius 3 is 2.83 bits per heavy atom. The van der Waals surface area contributed by atoms with E-state index in [9.17, 15) is 0 Å². The highest BCUT2D eigenvalue weighted by Crippen LogP contribution is 2.35. The van der Waals surface area contributed by atoms with Crippen LogP contribution in [0.25, 0.3) is 0 Å². The summed E-state index contributed by atoms with van der Waals surface area (Å²) in [5.74, 6) is 0.761. The minimum absolute atomic E-state index is 0.437. The molecule has 2 fully saturated rings. The molecule has 0 aromatic rings. The Morgan fingerprint density at radius 1 is 1.25 bits per heavy atom. The zero-order chi connectivity index (χ0) is 8.55. The molecule has 1 saturated heterocycles. The van der Waals surface area contributed by atoms with Crippen molar-refractivity contribution >= 4 is 11.6 Å². The van der Waals surface area contributed by atoms with Gasteiger partial charge < -0.3 is 5.32 Å². The van der Waals surface area contributed by atoms with Crippen molar-refractivity contribution in [2.24, 2.45) is 5.92 Å². The number of rotatable bonds is 0. The van der Waals surface area contributed by atoms with Crippen LogP contribution < -0.4 is 5.32 Å². The van der Waals surface area contributed by atoms with Crippen LogP contribution in [-0.4, -0.2) is 17.5 Å². The fourth-order valence-corrected chi connectivity index (χ4v) is 3.31. The summed E-state index contributed by atoms with van der Waals surface area (Å²) in [5.41, 5.74) is 0. The highest BCUT2D eigenvalue weighted by molar-refractivity contribution is 6.20. The Balaban J connectivity index is 2.01. The Bertz CT molecular complexity index is 160. The quantitative estimate of drug-likeness (QED) is 0.575. The summed E-state index contributed by atoms with van der Waals surface area (Å²) < 4.78 is 0.